The van der Waals surface area contributed by atoms with E-state index in [1.807, 2.05) is 0 Å². The lowest BCUT2D eigenvalue weighted by Crippen LogP contribution is -2.24. The van der Waals surface area contributed by atoms with Crippen LogP contribution in [0.15, 0.2) is 22.6 Å². The first kappa shape index (κ1) is 15.3. The lowest BCUT2D eigenvalue weighted by molar-refractivity contribution is 0.0697. The number of carboxylic acid groups (broad SMARTS) is 1. The minimum Gasteiger partial charge on any atom is -0.478 e. The molecule has 0 saturated heterocycles. The van der Waals surface area contributed by atoms with Gasteiger partial charge in [0, 0.05) is 13.1 Å². The normalized spacial score (nSPS) is 11.7. The van der Waals surface area contributed by atoms with E-state index in [9.17, 15) is 13.2 Å². The zero-order valence-electron chi connectivity index (χ0n) is 11.3. The summed E-state index contributed by atoms with van der Waals surface area (Å²) in [5, 5.41) is 11.8. The van der Waals surface area contributed by atoms with Crippen molar-refractivity contribution in [2.75, 3.05) is 24.7 Å². The molecule has 2 aromatic rings. The van der Waals surface area contributed by atoms with Crippen LogP contribution >= 0.6 is 0 Å². The molecule has 3 N–H and O–H groups in total. The van der Waals surface area contributed by atoms with Gasteiger partial charge >= 0.3 is 5.97 Å². The van der Waals surface area contributed by atoms with Crippen LogP contribution < -0.4 is 10.0 Å². The van der Waals surface area contributed by atoms with Gasteiger partial charge in [0.15, 0.2) is 5.58 Å². The molecule has 0 saturated carbocycles. The molecule has 8 nitrogen and oxygen atoms in total. The largest absolute Gasteiger partial charge is 0.478 e. The third-order valence-corrected chi connectivity index (χ3v) is 3.36. The van der Waals surface area contributed by atoms with E-state index in [1.165, 1.54) is 12.1 Å². The van der Waals surface area contributed by atoms with Gasteiger partial charge in [-0.05, 0) is 24.6 Å². The molecule has 0 bridgehead atoms. The Morgan fingerprint density at radius 2 is 2.14 bits per heavy atom. The van der Waals surface area contributed by atoms with Crippen molar-refractivity contribution in [3.8, 4) is 0 Å². The molecule has 0 aliphatic heterocycles. The van der Waals surface area contributed by atoms with Crippen molar-refractivity contribution in [2.24, 2.45) is 0 Å². The molecule has 0 unspecified atom stereocenters. The Balaban J connectivity index is 1.92. The fraction of sp³-hybridized carbons (Fsp3) is 0.333. The second-order valence-corrected chi connectivity index (χ2v) is 6.29. The van der Waals surface area contributed by atoms with E-state index in [1.54, 1.807) is 6.07 Å². The highest BCUT2D eigenvalue weighted by Gasteiger charge is 2.09. The number of carboxylic acids is 1. The first-order valence-electron chi connectivity index (χ1n) is 6.17. The number of aromatic carboxylic acids is 1. The highest BCUT2D eigenvalue weighted by Crippen LogP contribution is 2.20. The Hall–Kier alpha value is -2.13. The second kappa shape index (κ2) is 6.10. The Morgan fingerprint density at radius 1 is 1.38 bits per heavy atom. The summed E-state index contributed by atoms with van der Waals surface area (Å²) in [7, 11) is -3.18. The van der Waals surface area contributed by atoms with Crippen LogP contribution in [0.1, 0.15) is 16.8 Å². The van der Waals surface area contributed by atoms with Crippen LogP contribution in [0, 0.1) is 0 Å². The minimum atomic E-state index is -3.18. The number of anilines is 1. The molecule has 0 fully saturated rings. The number of sulfonamides is 1. The minimum absolute atomic E-state index is 0.127. The Bertz CT molecular complexity index is 753. The van der Waals surface area contributed by atoms with Crippen molar-refractivity contribution in [3.63, 3.8) is 0 Å². The van der Waals surface area contributed by atoms with Gasteiger partial charge in [-0.15, -0.1) is 0 Å². The second-order valence-electron chi connectivity index (χ2n) is 4.45. The summed E-state index contributed by atoms with van der Waals surface area (Å²) in [6, 6.07) is 4.69. The molecule has 1 heterocycles. The van der Waals surface area contributed by atoms with Crippen LogP contribution in [0.2, 0.25) is 0 Å². The molecule has 0 radical (unpaired) electrons. The SMILES string of the molecule is CS(=O)(=O)NCCCNc1nc2ccc(C(=O)O)cc2o1. The first-order valence-corrected chi connectivity index (χ1v) is 8.07. The number of oxazole rings is 1. The van der Waals surface area contributed by atoms with Crippen molar-refractivity contribution in [2.45, 2.75) is 6.42 Å². The average molecular weight is 313 g/mol. The van der Waals surface area contributed by atoms with E-state index in [-0.39, 0.29) is 11.6 Å². The predicted molar refractivity (Wildman–Crippen MR) is 76.9 cm³/mol. The standard InChI is InChI=1S/C12H15N3O5S/c1-21(18,19)14-6-2-5-13-12-15-9-4-3-8(11(16)17)7-10(9)20-12/h3-4,7,14H,2,5-6H2,1H3,(H,13,15)(H,16,17). The molecule has 0 aliphatic carbocycles. The first-order chi connectivity index (χ1) is 9.85. The molecule has 0 spiro atoms. The van der Waals surface area contributed by atoms with E-state index in [4.69, 9.17) is 9.52 Å². The number of carbonyl (C=O) groups is 1. The number of benzene rings is 1. The maximum Gasteiger partial charge on any atom is 0.335 e. The van der Waals surface area contributed by atoms with E-state index in [0.717, 1.165) is 6.26 Å². The van der Waals surface area contributed by atoms with Crippen molar-refractivity contribution in [1.29, 1.82) is 0 Å². The molecule has 9 heteroatoms. The van der Waals surface area contributed by atoms with E-state index in [2.05, 4.69) is 15.0 Å². The summed E-state index contributed by atoms with van der Waals surface area (Å²) in [5.41, 5.74) is 1.06. The summed E-state index contributed by atoms with van der Waals surface area (Å²) >= 11 is 0. The van der Waals surface area contributed by atoms with Gasteiger partial charge in [0.05, 0.1) is 11.8 Å². The van der Waals surface area contributed by atoms with Gasteiger partial charge in [-0.25, -0.2) is 17.9 Å². The number of rotatable bonds is 7. The van der Waals surface area contributed by atoms with Crippen LogP contribution in [0.3, 0.4) is 0 Å². The number of aromatic nitrogens is 1. The van der Waals surface area contributed by atoms with Crippen molar-refractivity contribution in [1.82, 2.24) is 9.71 Å². The smallest absolute Gasteiger partial charge is 0.335 e. The van der Waals surface area contributed by atoms with Crippen LogP contribution in [0.4, 0.5) is 6.01 Å². The van der Waals surface area contributed by atoms with Gasteiger partial charge in [-0.1, -0.05) is 0 Å². The zero-order chi connectivity index (χ0) is 15.5. The van der Waals surface area contributed by atoms with Crippen LogP contribution in [0.25, 0.3) is 11.1 Å². The maximum atomic E-state index is 10.9. The van der Waals surface area contributed by atoms with Crippen molar-refractivity contribution in [3.05, 3.63) is 23.8 Å². The van der Waals surface area contributed by atoms with Crippen LogP contribution in [-0.2, 0) is 10.0 Å². The summed E-state index contributed by atoms with van der Waals surface area (Å²) in [6.45, 7) is 0.788. The lowest BCUT2D eigenvalue weighted by Gasteiger charge is -2.02. The van der Waals surface area contributed by atoms with Gasteiger partial charge in [0.25, 0.3) is 6.01 Å². The molecule has 0 aliphatic rings. The third-order valence-electron chi connectivity index (χ3n) is 2.63. The fourth-order valence-electron chi connectivity index (χ4n) is 1.67. The van der Waals surface area contributed by atoms with Crippen molar-refractivity contribution >= 4 is 33.1 Å². The Kier molecular flexibility index (Phi) is 4.43. The molecule has 1 aromatic heterocycles. The van der Waals surface area contributed by atoms with E-state index in [0.29, 0.717) is 30.6 Å². The Labute approximate surface area is 121 Å². The average Bonchev–Trinajstić information content (AvgIpc) is 2.78. The molecule has 0 amide bonds. The van der Waals surface area contributed by atoms with Crippen LogP contribution in [-0.4, -0.2) is 43.8 Å². The topological polar surface area (TPSA) is 122 Å². The quantitative estimate of drug-likeness (QED) is 0.648. The monoisotopic (exact) mass is 313 g/mol. The summed E-state index contributed by atoms with van der Waals surface area (Å²) in [6.07, 6.45) is 1.66. The number of hydrogen-bond acceptors (Lipinski definition) is 6. The summed E-state index contributed by atoms with van der Waals surface area (Å²) in [4.78, 5) is 15.0. The highest BCUT2D eigenvalue weighted by atomic mass is 32.2. The van der Waals surface area contributed by atoms with Gasteiger partial charge in [0.2, 0.25) is 10.0 Å². The molecular weight excluding hydrogens is 298 g/mol. The predicted octanol–water partition coefficient (Wildman–Crippen LogP) is 0.877. The third kappa shape index (κ3) is 4.43. The highest BCUT2D eigenvalue weighted by molar-refractivity contribution is 7.88. The fourth-order valence-corrected chi connectivity index (χ4v) is 2.19. The maximum absolute atomic E-state index is 10.9. The van der Waals surface area contributed by atoms with Gasteiger partial charge in [-0.2, -0.15) is 4.98 Å². The summed E-state index contributed by atoms with van der Waals surface area (Å²) < 4.78 is 29.5. The van der Waals surface area contributed by atoms with Crippen molar-refractivity contribution < 1.29 is 22.7 Å². The molecular formula is C12H15N3O5S. The number of hydrogen-bond donors (Lipinski definition) is 3. The van der Waals surface area contributed by atoms with Gasteiger partial charge < -0.3 is 14.8 Å². The van der Waals surface area contributed by atoms with Gasteiger partial charge in [0.1, 0.15) is 5.52 Å². The lowest BCUT2D eigenvalue weighted by atomic mass is 10.2. The molecule has 2 rings (SSSR count). The Morgan fingerprint density at radius 3 is 2.81 bits per heavy atom. The molecule has 114 valence electrons. The summed E-state index contributed by atoms with van der Waals surface area (Å²) in [5.74, 6) is -1.03. The van der Waals surface area contributed by atoms with Gasteiger partial charge in [-0.3, -0.25) is 0 Å². The number of nitrogens with one attached hydrogen (secondary N) is 2. The molecule has 0 atom stereocenters. The molecule has 21 heavy (non-hydrogen) atoms. The number of fused-ring (bicyclic) bond motifs is 1. The van der Waals surface area contributed by atoms with Crippen LogP contribution in [0.5, 0.6) is 0 Å². The van der Waals surface area contributed by atoms with E-state index >= 15 is 0 Å². The molecule has 1 aromatic carbocycles. The van der Waals surface area contributed by atoms with E-state index < -0.39 is 16.0 Å². The number of nitrogens with zero attached hydrogens (tertiary/aromatic N) is 1. The zero-order valence-corrected chi connectivity index (χ0v) is 12.1.